The van der Waals surface area contributed by atoms with Gasteiger partial charge in [0.1, 0.15) is 11.6 Å². The SMILES string of the molecule is Fc1cc(Br)cc(F)c1-c1csc(Cl)c1. The summed E-state index contributed by atoms with van der Waals surface area (Å²) in [6, 6.07) is 4.00. The summed E-state index contributed by atoms with van der Waals surface area (Å²) in [5.74, 6) is -1.20. The normalized spacial score (nSPS) is 10.7. The number of rotatable bonds is 1. The quantitative estimate of drug-likeness (QED) is 0.687. The molecule has 0 amide bonds. The van der Waals surface area contributed by atoms with Crippen molar-refractivity contribution < 1.29 is 8.78 Å². The van der Waals surface area contributed by atoms with E-state index in [9.17, 15) is 8.78 Å². The third kappa shape index (κ3) is 2.22. The lowest BCUT2D eigenvalue weighted by molar-refractivity contribution is 0.588. The van der Waals surface area contributed by atoms with Gasteiger partial charge in [0.05, 0.1) is 9.90 Å². The molecule has 0 aliphatic carbocycles. The molecule has 0 spiro atoms. The van der Waals surface area contributed by atoms with Gasteiger partial charge in [0, 0.05) is 9.85 Å². The van der Waals surface area contributed by atoms with Gasteiger partial charge in [-0.2, -0.15) is 0 Å². The first-order chi connectivity index (χ1) is 7.08. The summed E-state index contributed by atoms with van der Waals surface area (Å²) in [5, 5.41) is 1.62. The van der Waals surface area contributed by atoms with Crippen LogP contribution in [0.1, 0.15) is 0 Å². The average molecular weight is 310 g/mol. The molecule has 0 atom stereocenters. The van der Waals surface area contributed by atoms with Gasteiger partial charge >= 0.3 is 0 Å². The van der Waals surface area contributed by atoms with Gasteiger partial charge in [0.2, 0.25) is 0 Å². The summed E-state index contributed by atoms with van der Waals surface area (Å²) < 4.78 is 27.9. The van der Waals surface area contributed by atoms with Crippen LogP contribution < -0.4 is 0 Å². The minimum absolute atomic E-state index is 0.0404. The Morgan fingerprint density at radius 1 is 1.13 bits per heavy atom. The molecular weight excluding hydrogens is 306 g/mol. The number of hydrogen-bond acceptors (Lipinski definition) is 1. The molecule has 0 fully saturated rings. The number of hydrogen-bond donors (Lipinski definition) is 0. The first-order valence-corrected chi connectivity index (χ1v) is 6.02. The van der Waals surface area contributed by atoms with Crippen LogP contribution >= 0.6 is 38.9 Å². The van der Waals surface area contributed by atoms with Gasteiger partial charge in [-0.3, -0.25) is 0 Å². The largest absolute Gasteiger partial charge is 0.206 e. The molecule has 0 radical (unpaired) electrons. The van der Waals surface area contributed by atoms with E-state index in [0.717, 1.165) is 0 Å². The number of halogens is 4. The van der Waals surface area contributed by atoms with Crippen LogP contribution in [-0.2, 0) is 0 Å². The Morgan fingerprint density at radius 2 is 1.73 bits per heavy atom. The molecule has 0 unspecified atom stereocenters. The Morgan fingerprint density at radius 3 is 2.20 bits per heavy atom. The highest BCUT2D eigenvalue weighted by Crippen LogP contribution is 2.33. The van der Waals surface area contributed by atoms with Crippen molar-refractivity contribution in [3.05, 3.63) is 44.0 Å². The lowest BCUT2D eigenvalue weighted by Crippen LogP contribution is -1.88. The van der Waals surface area contributed by atoms with Gasteiger partial charge in [0.15, 0.2) is 0 Å². The van der Waals surface area contributed by atoms with E-state index in [2.05, 4.69) is 15.9 Å². The number of benzene rings is 1. The van der Waals surface area contributed by atoms with Crippen LogP contribution in [0, 0.1) is 11.6 Å². The Labute approximate surface area is 103 Å². The monoisotopic (exact) mass is 308 g/mol. The molecule has 78 valence electrons. The van der Waals surface area contributed by atoms with E-state index in [1.54, 1.807) is 11.4 Å². The first-order valence-electron chi connectivity index (χ1n) is 3.97. The smallest absolute Gasteiger partial charge is 0.135 e. The second-order valence-electron chi connectivity index (χ2n) is 2.88. The fourth-order valence-corrected chi connectivity index (χ4v) is 2.53. The number of thiophene rings is 1. The Kier molecular flexibility index (Phi) is 3.09. The zero-order valence-electron chi connectivity index (χ0n) is 7.23. The van der Waals surface area contributed by atoms with Crippen LogP contribution in [-0.4, -0.2) is 0 Å². The summed E-state index contributed by atoms with van der Waals surface area (Å²) in [6.07, 6.45) is 0. The maximum absolute atomic E-state index is 13.5. The van der Waals surface area contributed by atoms with Gasteiger partial charge in [-0.1, -0.05) is 27.5 Å². The van der Waals surface area contributed by atoms with Crippen LogP contribution in [0.5, 0.6) is 0 Å². The van der Waals surface area contributed by atoms with Gasteiger partial charge in [0.25, 0.3) is 0 Å². The summed E-state index contributed by atoms with van der Waals surface area (Å²) in [4.78, 5) is 0. The lowest BCUT2D eigenvalue weighted by atomic mass is 10.1. The second-order valence-corrected chi connectivity index (χ2v) is 5.34. The van der Waals surface area contributed by atoms with Crippen LogP contribution in [0.3, 0.4) is 0 Å². The molecule has 5 heteroatoms. The maximum Gasteiger partial charge on any atom is 0.135 e. The van der Waals surface area contributed by atoms with Crippen molar-refractivity contribution in [3.8, 4) is 11.1 Å². The van der Waals surface area contributed by atoms with E-state index in [1.807, 2.05) is 0 Å². The molecule has 0 nitrogen and oxygen atoms in total. The molecule has 0 N–H and O–H groups in total. The van der Waals surface area contributed by atoms with E-state index < -0.39 is 11.6 Å². The Bertz CT molecular complexity index is 487. The van der Waals surface area contributed by atoms with Crippen molar-refractivity contribution >= 4 is 38.9 Å². The summed E-state index contributed by atoms with van der Waals surface area (Å²) in [5.41, 5.74) is 0.425. The van der Waals surface area contributed by atoms with Gasteiger partial charge in [-0.25, -0.2) is 8.78 Å². The predicted molar refractivity (Wildman–Crippen MR) is 62.4 cm³/mol. The molecule has 15 heavy (non-hydrogen) atoms. The third-order valence-corrected chi connectivity index (χ3v) is 3.41. The van der Waals surface area contributed by atoms with Crippen molar-refractivity contribution in [1.29, 1.82) is 0 Å². The van der Waals surface area contributed by atoms with Crippen molar-refractivity contribution in [2.24, 2.45) is 0 Å². The zero-order valence-corrected chi connectivity index (χ0v) is 10.4. The van der Waals surface area contributed by atoms with Crippen LogP contribution in [0.25, 0.3) is 11.1 Å². The molecule has 0 bridgehead atoms. The molecule has 2 rings (SSSR count). The highest BCUT2D eigenvalue weighted by molar-refractivity contribution is 9.10. The molecule has 2 aromatic rings. The molecule has 0 saturated carbocycles. The molecule has 1 aromatic heterocycles. The third-order valence-electron chi connectivity index (χ3n) is 1.86. The molecule has 0 aliphatic rings. The van der Waals surface area contributed by atoms with Crippen molar-refractivity contribution in [3.63, 3.8) is 0 Å². The summed E-state index contributed by atoms with van der Waals surface area (Å²) >= 11 is 9.97. The van der Waals surface area contributed by atoms with Crippen molar-refractivity contribution in [2.75, 3.05) is 0 Å². The van der Waals surface area contributed by atoms with Gasteiger partial charge < -0.3 is 0 Å². The van der Waals surface area contributed by atoms with E-state index in [4.69, 9.17) is 11.6 Å². The topological polar surface area (TPSA) is 0 Å². The molecule has 1 aromatic carbocycles. The highest BCUT2D eigenvalue weighted by Gasteiger charge is 2.13. The predicted octanol–water partition coefficient (Wildman–Crippen LogP) is 5.11. The van der Waals surface area contributed by atoms with Crippen molar-refractivity contribution in [1.82, 2.24) is 0 Å². The average Bonchev–Trinajstić information content (AvgIpc) is 2.49. The van der Waals surface area contributed by atoms with Crippen LogP contribution in [0.2, 0.25) is 4.34 Å². The lowest BCUT2D eigenvalue weighted by Gasteiger charge is -2.03. The van der Waals surface area contributed by atoms with E-state index in [1.165, 1.54) is 23.5 Å². The van der Waals surface area contributed by atoms with Crippen LogP contribution in [0.15, 0.2) is 28.1 Å². The Balaban J connectivity index is 2.62. The molecule has 0 saturated heterocycles. The minimum atomic E-state index is -0.601. The molecular formula is C10H4BrClF2S. The fourth-order valence-electron chi connectivity index (χ4n) is 1.26. The highest BCUT2D eigenvalue weighted by atomic mass is 79.9. The maximum atomic E-state index is 13.5. The van der Waals surface area contributed by atoms with Crippen LogP contribution in [0.4, 0.5) is 8.78 Å². The van der Waals surface area contributed by atoms with Crippen molar-refractivity contribution in [2.45, 2.75) is 0 Å². The van der Waals surface area contributed by atoms with E-state index in [-0.39, 0.29) is 5.56 Å². The summed E-state index contributed by atoms with van der Waals surface area (Å²) in [7, 11) is 0. The molecule has 1 heterocycles. The minimum Gasteiger partial charge on any atom is -0.206 e. The molecule has 0 aliphatic heterocycles. The Hall–Kier alpha value is -0.450. The zero-order chi connectivity index (χ0) is 11.0. The fraction of sp³-hybridized carbons (Fsp3) is 0. The van der Waals surface area contributed by atoms with Gasteiger partial charge in [-0.15, -0.1) is 11.3 Å². The van der Waals surface area contributed by atoms with Gasteiger partial charge in [-0.05, 0) is 23.8 Å². The standard InChI is InChI=1S/C10H4BrClF2S/c11-6-2-7(13)10(8(14)3-6)5-1-9(12)15-4-5/h1-4H. The first kappa shape index (κ1) is 11.0. The second kappa shape index (κ2) is 4.20. The van der Waals surface area contributed by atoms with E-state index >= 15 is 0 Å². The summed E-state index contributed by atoms with van der Waals surface area (Å²) in [6.45, 7) is 0. The van der Waals surface area contributed by atoms with E-state index in [0.29, 0.717) is 14.4 Å².